The van der Waals surface area contributed by atoms with E-state index in [-0.39, 0.29) is 11.9 Å². The van der Waals surface area contributed by atoms with Gasteiger partial charge in [-0.05, 0) is 37.1 Å². The number of anilines is 2. The van der Waals surface area contributed by atoms with Gasteiger partial charge in [0, 0.05) is 17.8 Å². The minimum atomic E-state index is -0.155. The van der Waals surface area contributed by atoms with Crippen LogP contribution in [0.2, 0.25) is 0 Å². The molecule has 0 unspecified atom stereocenters. The van der Waals surface area contributed by atoms with Gasteiger partial charge < -0.3 is 10.6 Å². The zero-order valence-corrected chi connectivity index (χ0v) is 14.0. The van der Waals surface area contributed by atoms with Crippen LogP contribution in [0.1, 0.15) is 54.6 Å². The van der Waals surface area contributed by atoms with Crippen LogP contribution in [0.3, 0.4) is 0 Å². The van der Waals surface area contributed by atoms with Crippen LogP contribution in [-0.4, -0.2) is 21.9 Å². The van der Waals surface area contributed by atoms with E-state index in [1.54, 1.807) is 30.3 Å². The fourth-order valence-electron chi connectivity index (χ4n) is 3.01. The third-order valence-corrected chi connectivity index (χ3v) is 4.38. The van der Waals surface area contributed by atoms with E-state index in [1.807, 2.05) is 0 Å². The summed E-state index contributed by atoms with van der Waals surface area (Å²) in [4.78, 5) is 20.7. The summed E-state index contributed by atoms with van der Waals surface area (Å²) >= 11 is 0. The lowest BCUT2D eigenvalue weighted by molar-refractivity contribution is 0.0928. The molecule has 1 aromatic carbocycles. The number of nitriles is 1. The van der Waals surface area contributed by atoms with Crippen molar-refractivity contribution in [3.8, 4) is 6.07 Å². The van der Waals surface area contributed by atoms with Crippen molar-refractivity contribution in [2.24, 2.45) is 0 Å². The van der Waals surface area contributed by atoms with Gasteiger partial charge in [-0.3, -0.25) is 4.79 Å². The van der Waals surface area contributed by atoms with Gasteiger partial charge in [-0.2, -0.15) is 5.26 Å². The first-order chi connectivity index (χ1) is 12.2. The van der Waals surface area contributed by atoms with Gasteiger partial charge in [-0.1, -0.05) is 25.7 Å². The van der Waals surface area contributed by atoms with E-state index in [0.717, 1.165) is 18.5 Å². The van der Waals surface area contributed by atoms with Crippen LogP contribution in [0.15, 0.2) is 36.7 Å². The second kappa shape index (κ2) is 8.25. The molecule has 3 rings (SSSR count). The zero-order valence-electron chi connectivity index (χ0n) is 14.0. The van der Waals surface area contributed by atoms with Crippen molar-refractivity contribution in [3.63, 3.8) is 0 Å². The van der Waals surface area contributed by atoms with Crippen LogP contribution in [-0.2, 0) is 0 Å². The highest BCUT2D eigenvalue weighted by Gasteiger charge is 2.17. The fourth-order valence-corrected chi connectivity index (χ4v) is 3.01. The van der Waals surface area contributed by atoms with Crippen molar-refractivity contribution in [3.05, 3.63) is 47.9 Å². The molecule has 25 heavy (non-hydrogen) atoms. The summed E-state index contributed by atoms with van der Waals surface area (Å²) in [5.74, 6) is 0.392. The van der Waals surface area contributed by atoms with Crippen molar-refractivity contribution >= 4 is 17.4 Å². The second-order valence-electron chi connectivity index (χ2n) is 6.26. The molecule has 1 saturated carbocycles. The van der Waals surface area contributed by atoms with Crippen LogP contribution in [0.25, 0.3) is 0 Å². The summed E-state index contributed by atoms with van der Waals surface area (Å²) in [6, 6.07) is 11.0. The number of nitrogens with one attached hydrogen (secondary N) is 2. The highest BCUT2D eigenvalue weighted by molar-refractivity contribution is 5.93. The lowest BCUT2D eigenvalue weighted by Crippen LogP contribution is -2.34. The Morgan fingerprint density at radius 2 is 1.80 bits per heavy atom. The molecular formula is C19H21N5O. The molecule has 2 aromatic rings. The Hall–Kier alpha value is -2.94. The van der Waals surface area contributed by atoms with Crippen molar-refractivity contribution in [1.29, 1.82) is 5.26 Å². The molecule has 1 amide bonds. The Morgan fingerprint density at radius 3 is 2.48 bits per heavy atom. The average Bonchev–Trinajstić information content (AvgIpc) is 2.91. The third kappa shape index (κ3) is 4.77. The molecule has 1 fully saturated rings. The van der Waals surface area contributed by atoms with E-state index in [4.69, 9.17) is 5.26 Å². The molecule has 1 aliphatic carbocycles. The van der Waals surface area contributed by atoms with E-state index in [2.05, 4.69) is 26.7 Å². The molecule has 1 heterocycles. The SMILES string of the molecule is N#Cc1ccc(Nc2cc(C(=O)NC3CCCCCC3)ncn2)cc1. The molecule has 1 aliphatic rings. The van der Waals surface area contributed by atoms with Crippen LogP contribution < -0.4 is 10.6 Å². The van der Waals surface area contributed by atoms with E-state index in [1.165, 1.54) is 32.0 Å². The summed E-state index contributed by atoms with van der Waals surface area (Å²) in [5, 5.41) is 15.0. The fraction of sp³-hybridized carbons (Fsp3) is 0.368. The molecule has 0 spiro atoms. The Balaban J connectivity index is 1.65. The van der Waals surface area contributed by atoms with Gasteiger partial charge in [0.1, 0.15) is 17.8 Å². The first-order valence-corrected chi connectivity index (χ1v) is 8.65. The minimum Gasteiger partial charge on any atom is -0.348 e. The second-order valence-corrected chi connectivity index (χ2v) is 6.26. The molecule has 0 atom stereocenters. The maximum atomic E-state index is 12.4. The van der Waals surface area contributed by atoms with Gasteiger partial charge >= 0.3 is 0 Å². The first-order valence-electron chi connectivity index (χ1n) is 8.65. The van der Waals surface area contributed by atoms with Crippen LogP contribution in [0, 0.1) is 11.3 Å². The molecule has 6 nitrogen and oxygen atoms in total. The van der Waals surface area contributed by atoms with E-state index < -0.39 is 0 Å². The lowest BCUT2D eigenvalue weighted by Gasteiger charge is -2.16. The van der Waals surface area contributed by atoms with Crippen molar-refractivity contribution in [2.75, 3.05) is 5.32 Å². The smallest absolute Gasteiger partial charge is 0.270 e. The zero-order chi connectivity index (χ0) is 17.5. The summed E-state index contributed by atoms with van der Waals surface area (Å²) in [5.41, 5.74) is 1.75. The highest BCUT2D eigenvalue weighted by atomic mass is 16.1. The number of carbonyl (C=O) groups excluding carboxylic acids is 1. The minimum absolute atomic E-state index is 0.155. The molecule has 0 bridgehead atoms. The van der Waals surface area contributed by atoms with Gasteiger partial charge in [-0.25, -0.2) is 9.97 Å². The number of aromatic nitrogens is 2. The summed E-state index contributed by atoms with van der Waals surface area (Å²) in [7, 11) is 0. The van der Waals surface area contributed by atoms with Gasteiger partial charge in [-0.15, -0.1) is 0 Å². The predicted octanol–water partition coefficient (Wildman–Crippen LogP) is 3.54. The highest BCUT2D eigenvalue weighted by Crippen LogP contribution is 2.18. The lowest BCUT2D eigenvalue weighted by atomic mass is 10.1. The van der Waals surface area contributed by atoms with Crippen LogP contribution in [0.5, 0.6) is 0 Å². The van der Waals surface area contributed by atoms with Crippen molar-refractivity contribution in [1.82, 2.24) is 15.3 Å². The number of rotatable bonds is 4. The van der Waals surface area contributed by atoms with Crippen molar-refractivity contribution in [2.45, 2.75) is 44.6 Å². The standard InChI is InChI=1S/C19H21N5O/c20-12-14-7-9-16(10-8-14)23-18-11-17(21-13-22-18)19(25)24-15-5-3-1-2-4-6-15/h7-11,13,15H,1-6H2,(H,24,25)(H,21,22,23). The average molecular weight is 335 g/mol. The van der Waals surface area contributed by atoms with E-state index >= 15 is 0 Å². The number of hydrogen-bond donors (Lipinski definition) is 2. The normalized spacial score (nSPS) is 15.0. The number of amides is 1. The van der Waals surface area contributed by atoms with Crippen LogP contribution >= 0.6 is 0 Å². The number of carbonyl (C=O) groups is 1. The number of benzene rings is 1. The Labute approximate surface area is 147 Å². The van der Waals surface area contributed by atoms with Gasteiger partial charge in [0.25, 0.3) is 5.91 Å². The maximum Gasteiger partial charge on any atom is 0.270 e. The van der Waals surface area contributed by atoms with Crippen LogP contribution in [0.4, 0.5) is 11.5 Å². The monoisotopic (exact) mass is 335 g/mol. The molecule has 6 heteroatoms. The summed E-state index contributed by atoms with van der Waals surface area (Å²) in [6.07, 6.45) is 8.28. The van der Waals surface area contributed by atoms with Gasteiger partial charge in [0.2, 0.25) is 0 Å². The Bertz CT molecular complexity index is 758. The maximum absolute atomic E-state index is 12.4. The van der Waals surface area contributed by atoms with Gasteiger partial charge in [0.15, 0.2) is 0 Å². The molecular weight excluding hydrogens is 314 g/mol. The molecule has 1 aromatic heterocycles. The van der Waals surface area contributed by atoms with Crippen molar-refractivity contribution < 1.29 is 4.79 Å². The molecule has 2 N–H and O–H groups in total. The largest absolute Gasteiger partial charge is 0.348 e. The Kier molecular flexibility index (Phi) is 5.57. The molecule has 0 radical (unpaired) electrons. The predicted molar refractivity (Wildman–Crippen MR) is 95.4 cm³/mol. The third-order valence-electron chi connectivity index (χ3n) is 4.38. The molecule has 0 aliphatic heterocycles. The van der Waals surface area contributed by atoms with Gasteiger partial charge in [0.05, 0.1) is 11.6 Å². The quantitative estimate of drug-likeness (QED) is 0.834. The molecule has 128 valence electrons. The Morgan fingerprint density at radius 1 is 1.08 bits per heavy atom. The summed E-state index contributed by atoms with van der Waals surface area (Å²) in [6.45, 7) is 0. The number of hydrogen-bond acceptors (Lipinski definition) is 5. The number of nitrogens with zero attached hydrogens (tertiary/aromatic N) is 3. The topological polar surface area (TPSA) is 90.7 Å². The van der Waals surface area contributed by atoms with E-state index in [0.29, 0.717) is 17.1 Å². The summed E-state index contributed by atoms with van der Waals surface area (Å²) < 4.78 is 0. The van der Waals surface area contributed by atoms with E-state index in [9.17, 15) is 4.79 Å². The first kappa shape index (κ1) is 16.9. The molecule has 0 saturated heterocycles.